The molecule has 3 rings (SSSR count). The number of hydrogen-bond acceptors (Lipinski definition) is 6. The second-order valence-electron chi connectivity index (χ2n) is 7.00. The minimum atomic E-state index is -0.536. The Morgan fingerprint density at radius 2 is 1.39 bits per heavy atom. The highest BCUT2D eigenvalue weighted by Gasteiger charge is 2.20. The van der Waals surface area contributed by atoms with E-state index in [0.29, 0.717) is 18.7 Å². The van der Waals surface area contributed by atoms with E-state index in [1.807, 2.05) is 24.3 Å². The molecule has 0 bridgehead atoms. The fraction of sp³-hybridized carbons (Fsp3) is 0.250. The normalized spacial score (nSPS) is 11.5. The summed E-state index contributed by atoms with van der Waals surface area (Å²) >= 11 is 0. The predicted molar refractivity (Wildman–Crippen MR) is 117 cm³/mol. The first kappa shape index (κ1) is 22.1. The number of aromatic nitrogens is 2. The van der Waals surface area contributed by atoms with Crippen molar-refractivity contribution < 1.29 is 14.3 Å². The van der Waals surface area contributed by atoms with Gasteiger partial charge in [0.1, 0.15) is 6.04 Å². The van der Waals surface area contributed by atoms with Gasteiger partial charge in [-0.1, -0.05) is 12.1 Å². The molecule has 0 aliphatic carbocycles. The van der Waals surface area contributed by atoms with Gasteiger partial charge in [0.25, 0.3) is 0 Å². The number of amides is 1. The molecule has 1 atom stereocenters. The molecule has 0 saturated heterocycles. The minimum Gasteiger partial charge on any atom is -0.465 e. The maximum absolute atomic E-state index is 13.0. The van der Waals surface area contributed by atoms with Crippen LogP contribution in [0, 0.1) is 0 Å². The number of nitrogens with one attached hydrogen (secondary N) is 2. The Kier molecular flexibility index (Phi) is 8.25. The highest BCUT2D eigenvalue weighted by Crippen LogP contribution is 2.15. The zero-order valence-corrected chi connectivity index (χ0v) is 17.5. The Morgan fingerprint density at radius 3 is 1.94 bits per heavy atom. The molecule has 160 valence electrons. The van der Waals surface area contributed by atoms with Crippen LogP contribution in [-0.2, 0) is 22.4 Å². The molecule has 0 fully saturated rings. The number of rotatable bonds is 10. The van der Waals surface area contributed by atoms with Crippen LogP contribution in [-0.4, -0.2) is 42.0 Å². The molecule has 7 heteroatoms. The van der Waals surface area contributed by atoms with E-state index in [-0.39, 0.29) is 5.91 Å². The largest absolute Gasteiger partial charge is 0.465 e. The van der Waals surface area contributed by atoms with Gasteiger partial charge in [0, 0.05) is 37.9 Å². The molecule has 0 aliphatic heterocycles. The fourth-order valence-electron chi connectivity index (χ4n) is 3.18. The van der Waals surface area contributed by atoms with Crippen LogP contribution in [0.2, 0.25) is 0 Å². The van der Waals surface area contributed by atoms with Crippen LogP contribution in [0.15, 0.2) is 73.3 Å². The van der Waals surface area contributed by atoms with E-state index in [1.165, 1.54) is 7.11 Å². The van der Waals surface area contributed by atoms with Gasteiger partial charge in [-0.05, 0) is 65.9 Å². The summed E-state index contributed by atoms with van der Waals surface area (Å²) in [4.78, 5) is 32.7. The average molecular weight is 418 g/mol. The number of carbonyl (C=O) groups is 2. The molecule has 0 spiro atoms. The van der Waals surface area contributed by atoms with Gasteiger partial charge < -0.3 is 15.4 Å². The number of carbonyl (C=O) groups excluding carboxylic acids is 2. The van der Waals surface area contributed by atoms with Crippen molar-refractivity contribution in [3.63, 3.8) is 0 Å². The topological polar surface area (TPSA) is 93.2 Å². The first-order chi connectivity index (χ1) is 15.2. The molecule has 2 N–H and O–H groups in total. The van der Waals surface area contributed by atoms with Crippen molar-refractivity contribution in [3.05, 3.63) is 95.6 Å². The first-order valence-corrected chi connectivity index (χ1v) is 10.1. The molecule has 3 aromatic rings. The number of benzene rings is 1. The second kappa shape index (κ2) is 11.6. The molecule has 1 aromatic carbocycles. The Balaban J connectivity index is 1.65. The van der Waals surface area contributed by atoms with Crippen molar-refractivity contribution in [2.75, 3.05) is 20.2 Å². The standard InChI is InChI=1S/C24H26N4O3/c1-31-24(30)21-4-2-20(3-5-21)22(27-16-10-18-6-12-25-13-7-18)23(29)28-17-11-19-8-14-26-15-9-19/h2-9,12-15,22,27H,10-11,16-17H2,1H3,(H,28,29)/t22-/m0/s1. The van der Waals surface area contributed by atoms with Gasteiger partial charge in [-0.2, -0.15) is 0 Å². The molecule has 2 heterocycles. The lowest BCUT2D eigenvalue weighted by Crippen LogP contribution is -2.39. The van der Waals surface area contributed by atoms with Crippen LogP contribution in [0.3, 0.4) is 0 Å². The van der Waals surface area contributed by atoms with Gasteiger partial charge in [-0.25, -0.2) is 4.79 Å². The van der Waals surface area contributed by atoms with E-state index in [4.69, 9.17) is 4.74 Å². The molecule has 31 heavy (non-hydrogen) atoms. The summed E-state index contributed by atoms with van der Waals surface area (Å²) in [6, 6.07) is 14.1. The van der Waals surface area contributed by atoms with Gasteiger partial charge in [0.05, 0.1) is 12.7 Å². The van der Waals surface area contributed by atoms with E-state index < -0.39 is 12.0 Å². The number of pyridine rings is 2. The van der Waals surface area contributed by atoms with Gasteiger partial charge in [-0.15, -0.1) is 0 Å². The third-order valence-electron chi connectivity index (χ3n) is 4.90. The van der Waals surface area contributed by atoms with Crippen LogP contribution in [0.4, 0.5) is 0 Å². The zero-order valence-electron chi connectivity index (χ0n) is 17.5. The Bertz CT molecular complexity index is 963. The maximum atomic E-state index is 13.0. The van der Waals surface area contributed by atoms with Gasteiger partial charge >= 0.3 is 5.97 Å². The summed E-state index contributed by atoms with van der Waals surface area (Å²) in [5.41, 5.74) is 3.48. The SMILES string of the molecule is COC(=O)c1ccc([C@H](NCCc2ccncc2)C(=O)NCCc2ccncc2)cc1. The zero-order chi connectivity index (χ0) is 21.9. The maximum Gasteiger partial charge on any atom is 0.337 e. The number of hydrogen-bond donors (Lipinski definition) is 2. The Morgan fingerprint density at radius 1 is 0.839 bits per heavy atom. The molecule has 0 radical (unpaired) electrons. The summed E-state index contributed by atoms with van der Waals surface area (Å²) in [6.45, 7) is 1.14. The van der Waals surface area contributed by atoms with Crippen LogP contribution in [0.1, 0.15) is 33.1 Å². The highest BCUT2D eigenvalue weighted by atomic mass is 16.5. The lowest BCUT2D eigenvalue weighted by molar-refractivity contribution is -0.123. The molecule has 7 nitrogen and oxygen atoms in total. The third-order valence-corrected chi connectivity index (χ3v) is 4.90. The fourth-order valence-corrected chi connectivity index (χ4v) is 3.18. The van der Waals surface area contributed by atoms with E-state index in [1.54, 1.807) is 49.1 Å². The smallest absolute Gasteiger partial charge is 0.337 e. The number of ether oxygens (including phenoxy) is 1. The van der Waals surface area contributed by atoms with Crippen LogP contribution < -0.4 is 10.6 Å². The Hall–Kier alpha value is -3.58. The van der Waals surface area contributed by atoms with Crippen molar-refractivity contribution in [1.82, 2.24) is 20.6 Å². The number of nitrogens with zero attached hydrogens (tertiary/aromatic N) is 2. The molecular weight excluding hydrogens is 392 g/mol. The molecule has 0 aliphatic rings. The summed E-state index contributed by atoms with van der Waals surface area (Å²) in [5, 5.41) is 6.34. The molecule has 0 saturated carbocycles. The lowest BCUT2D eigenvalue weighted by atomic mass is 10.0. The first-order valence-electron chi connectivity index (χ1n) is 10.1. The summed E-state index contributed by atoms with van der Waals surface area (Å²) in [6.07, 6.45) is 8.48. The summed E-state index contributed by atoms with van der Waals surface area (Å²) in [5.74, 6) is -0.523. The van der Waals surface area contributed by atoms with Crippen molar-refractivity contribution in [2.24, 2.45) is 0 Å². The number of esters is 1. The van der Waals surface area contributed by atoms with Crippen LogP contribution in [0.5, 0.6) is 0 Å². The minimum absolute atomic E-state index is 0.116. The van der Waals surface area contributed by atoms with E-state index in [2.05, 4.69) is 20.6 Å². The van der Waals surface area contributed by atoms with E-state index >= 15 is 0 Å². The van der Waals surface area contributed by atoms with Crippen molar-refractivity contribution in [3.8, 4) is 0 Å². The van der Waals surface area contributed by atoms with Crippen LogP contribution in [0.25, 0.3) is 0 Å². The van der Waals surface area contributed by atoms with Crippen molar-refractivity contribution >= 4 is 11.9 Å². The summed E-state index contributed by atoms with van der Waals surface area (Å²) < 4.78 is 4.75. The second-order valence-corrected chi connectivity index (χ2v) is 7.00. The van der Waals surface area contributed by atoms with E-state index in [9.17, 15) is 9.59 Å². The average Bonchev–Trinajstić information content (AvgIpc) is 2.83. The molecule has 1 amide bonds. The quantitative estimate of drug-likeness (QED) is 0.492. The number of methoxy groups -OCH3 is 1. The third kappa shape index (κ3) is 6.72. The molecule has 0 unspecified atom stereocenters. The van der Waals surface area contributed by atoms with Crippen molar-refractivity contribution in [2.45, 2.75) is 18.9 Å². The van der Waals surface area contributed by atoms with E-state index in [0.717, 1.165) is 29.5 Å². The highest BCUT2D eigenvalue weighted by molar-refractivity contribution is 5.89. The van der Waals surface area contributed by atoms with Gasteiger partial charge in [0.15, 0.2) is 0 Å². The summed E-state index contributed by atoms with van der Waals surface area (Å²) in [7, 11) is 1.34. The lowest BCUT2D eigenvalue weighted by Gasteiger charge is -2.19. The van der Waals surface area contributed by atoms with Gasteiger partial charge in [-0.3, -0.25) is 14.8 Å². The van der Waals surface area contributed by atoms with Gasteiger partial charge in [0.2, 0.25) is 5.91 Å². The molecule has 2 aromatic heterocycles. The molecular formula is C24H26N4O3. The monoisotopic (exact) mass is 418 g/mol. The Labute approximate surface area is 181 Å². The van der Waals surface area contributed by atoms with Crippen LogP contribution >= 0.6 is 0 Å². The van der Waals surface area contributed by atoms with Crippen molar-refractivity contribution in [1.29, 1.82) is 0 Å². The predicted octanol–water partition coefficient (Wildman–Crippen LogP) is 2.50.